The maximum Gasteiger partial charge on any atom is 0.159 e. The number of rotatable bonds is 5. The number of aromatic nitrogens is 1. The molecule has 0 fully saturated rings. The molecule has 6 heteroatoms. The van der Waals surface area contributed by atoms with Crippen LogP contribution in [-0.2, 0) is 0 Å². The first-order valence-electron chi connectivity index (χ1n) is 22.0. The molecule has 304 valence electrons. The zero-order chi connectivity index (χ0) is 42.6. The van der Waals surface area contributed by atoms with Gasteiger partial charge in [-0.25, -0.2) is 9.98 Å². The number of furan rings is 1. The molecule has 1 unspecified atom stereocenters. The van der Waals surface area contributed by atoms with Crippen molar-refractivity contribution in [3.63, 3.8) is 0 Å². The molecule has 65 heavy (non-hydrogen) atoms. The molecule has 0 spiro atoms. The van der Waals surface area contributed by atoms with Crippen LogP contribution in [0.25, 0.3) is 102 Å². The fourth-order valence-corrected chi connectivity index (χ4v) is 11.3. The number of nitrogens with zero attached hydrogens (tertiary/aromatic N) is 3. The normalized spacial score (nSPS) is 14.3. The van der Waals surface area contributed by atoms with Crippen LogP contribution in [0.4, 0.5) is 0 Å². The zero-order valence-electron chi connectivity index (χ0n) is 34.9. The molecular weight excluding hydrogens is 813 g/mol. The Morgan fingerprint density at radius 2 is 1.18 bits per heavy atom. The van der Waals surface area contributed by atoms with Crippen LogP contribution in [0.1, 0.15) is 22.9 Å². The average molecular weight is 849 g/mol. The van der Waals surface area contributed by atoms with Crippen molar-refractivity contribution < 1.29 is 4.42 Å². The summed E-state index contributed by atoms with van der Waals surface area (Å²) in [6.07, 6.45) is -0.409. The van der Waals surface area contributed by atoms with Gasteiger partial charge in [0.15, 0.2) is 11.4 Å². The van der Waals surface area contributed by atoms with E-state index in [1.54, 1.807) is 0 Å². The van der Waals surface area contributed by atoms with Crippen molar-refractivity contribution in [1.82, 2.24) is 9.88 Å². The molecule has 0 saturated heterocycles. The van der Waals surface area contributed by atoms with Gasteiger partial charge in [0.1, 0.15) is 17.6 Å². The predicted molar refractivity (Wildman–Crippen MR) is 273 cm³/mol. The van der Waals surface area contributed by atoms with Gasteiger partial charge in [0.25, 0.3) is 0 Å². The van der Waals surface area contributed by atoms with Gasteiger partial charge < -0.3 is 14.3 Å². The average Bonchev–Trinajstić information content (AvgIpc) is 4.05. The summed E-state index contributed by atoms with van der Waals surface area (Å²) in [7, 11) is 0. The number of benzene rings is 10. The Morgan fingerprint density at radius 1 is 0.462 bits per heavy atom. The molecule has 13 aromatic rings. The second-order valence-corrected chi connectivity index (χ2v) is 18.0. The highest BCUT2D eigenvalue weighted by atomic mass is 32.1. The maximum absolute atomic E-state index is 7.04. The summed E-state index contributed by atoms with van der Waals surface area (Å²) in [4.78, 5) is 11.0. The number of aliphatic imine (C=N–C) groups is 2. The molecule has 1 atom stereocenters. The van der Waals surface area contributed by atoms with Gasteiger partial charge in [0.05, 0.1) is 16.7 Å². The van der Waals surface area contributed by atoms with E-state index in [-0.39, 0.29) is 0 Å². The van der Waals surface area contributed by atoms with Gasteiger partial charge in [0.2, 0.25) is 0 Å². The van der Waals surface area contributed by atoms with Gasteiger partial charge in [-0.1, -0.05) is 152 Å². The number of thiophene rings is 1. The van der Waals surface area contributed by atoms with Crippen molar-refractivity contribution in [3.8, 4) is 16.8 Å². The summed E-state index contributed by atoms with van der Waals surface area (Å²) in [5, 5.41) is 15.5. The molecule has 0 saturated carbocycles. The molecule has 1 aliphatic heterocycles. The fourth-order valence-electron chi connectivity index (χ4n) is 10.1. The van der Waals surface area contributed by atoms with E-state index in [2.05, 4.69) is 216 Å². The molecule has 3 aromatic heterocycles. The van der Waals surface area contributed by atoms with Crippen LogP contribution in [0.5, 0.6) is 0 Å². The summed E-state index contributed by atoms with van der Waals surface area (Å²) in [6, 6.07) is 73.9. The van der Waals surface area contributed by atoms with Crippen molar-refractivity contribution >= 4 is 108 Å². The van der Waals surface area contributed by atoms with Crippen LogP contribution in [0.15, 0.2) is 221 Å². The van der Waals surface area contributed by atoms with Crippen molar-refractivity contribution in [1.29, 1.82) is 0 Å². The first-order chi connectivity index (χ1) is 32.2. The molecular formula is C59H36N4OS. The number of amidine groups is 2. The highest BCUT2D eigenvalue weighted by Crippen LogP contribution is 2.43. The van der Waals surface area contributed by atoms with E-state index >= 15 is 0 Å². The number of para-hydroxylation sites is 1. The molecule has 0 amide bonds. The second-order valence-electron chi connectivity index (χ2n) is 17.0. The summed E-state index contributed by atoms with van der Waals surface area (Å²) in [6.45, 7) is 0. The van der Waals surface area contributed by atoms with Crippen LogP contribution in [0.2, 0.25) is 0 Å². The van der Waals surface area contributed by atoms with Crippen molar-refractivity contribution in [2.75, 3.05) is 0 Å². The predicted octanol–water partition coefficient (Wildman–Crippen LogP) is 15.5. The summed E-state index contributed by atoms with van der Waals surface area (Å²) < 4.78 is 11.9. The Balaban J connectivity index is 1.05. The molecule has 0 bridgehead atoms. The maximum atomic E-state index is 7.04. The largest absolute Gasteiger partial charge is 0.454 e. The lowest BCUT2D eigenvalue weighted by molar-refractivity contribution is 0.666. The number of nitrogens with one attached hydrogen (secondary N) is 1. The first-order valence-corrected chi connectivity index (χ1v) is 22.8. The van der Waals surface area contributed by atoms with Gasteiger partial charge >= 0.3 is 0 Å². The SMILES string of the molecule is c1ccc(-c2cccc(C3=NC(c4cc(-n5c6ccccc6c6cc7ccccc7cc65)c5oc6ccc7ccccc7c6c5c4)=NC(c4ccc5c(c4)sc4ccccc45)N3)c2)cc1. The van der Waals surface area contributed by atoms with Crippen molar-refractivity contribution in [2.24, 2.45) is 9.98 Å². The molecule has 14 rings (SSSR count). The van der Waals surface area contributed by atoms with Crippen LogP contribution < -0.4 is 5.32 Å². The van der Waals surface area contributed by atoms with Crippen LogP contribution in [0, 0.1) is 0 Å². The minimum absolute atomic E-state index is 0.409. The fraction of sp³-hybridized carbons (Fsp3) is 0.0169. The number of hydrogen-bond acceptors (Lipinski definition) is 5. The van der Waals surface area contributed by atoms with Gasteiger partial charge in [0, 0.05) is 52.8 Å². The van der Waals surface area contributed by atoms with Crippen LogP contribution in [0.3, 0.4) is 0 Å². The Labute approximate surface area is 376 Å². The molecule has 4 heterocycles. The lowest BCUT2D eigenvalue weighted by atomic mass is 10.0. The monoisotopic (exact) mass is 848 g/mol. The van der Waals surface area contributed by atoms with E-state index in [1.165, 1.54) is 41.7 Å². The molecule has 0 radical (unpaired) electrons. The van der Waals surface area contributed by atoms with Crippen LogP contribution in [-0.4, -0.2) is 16.2 Å². The minimum atomic E-state index is -0.409. The Bertz CT molecular complexity index is 4170. The number of fused-ring (bicyclic) bond motifs is 12. The van der Waals surface area contributed by atoms with Crippen molar-refractivity contribution in [2.45, 2.75) is 6.17 Å². The van der Waals surface area contributed by atoms with E-state index in [0.717, 1.165) is 83.1 Å². The summed E-state index contributed by atoms with van der Waals surface area (Å²) >= 11 is 1.82. The zero-order valence-corrected chi connectivity index (χ0v) is 35.7. The molecule has 1 N–H and O–H groups in total. The van der Waals surface area contributed by atoms with Gasteiger partial charge in [-0.2, -0.15) is 0 Å². The summed E-state index contributed by atoms with van der Waals surface area (Å²) in [5.41, 5.74) is 10.0. The highest BCUT2D eigenvalue weighted by molar-refractivity contribution is 7.25. The lowest BCUT2D eigenvalue weighted by Gasteiger charge is -2.24. The summed E-state index contributed by atoms with van der Waals surface area (Å²) in [5.74, 6) is 1.41. The number of hydrogen-bond donors (Lipinski definition) is 1. The second kappa shape index (κ2) is 14.1. The van der Waals surface area contributed by atoms with E-state index in [0.29, 0.717) is 5.84 Å². The Morgan fingerprint density at radius 3 is 2.08 bits per heavy atom. The van der Waals surface area contributed by atoms with Crippen molar-refractivity contribution in [3.05, 3.63) is 223 Å². The van der Waals surface area contributed by atoms with E-state index in [4.69, 9.17) is 14.4 Å². The van der Waals surface area contributed by atoms with Crippen LogP contribution >= 0.6 is 11.3 Å². The van der Waals surface area contributed by atoms with Gasteiger partial charge in [-0.05, 0) is 92.8 Å². The third-order valence-electron chi connectivity index (χ3n) is 13.2. The molecule has 0 aliphatic carbocycles. The third-order valence-corrected chi connectivity index (χ3v) is 14.3. The van der Waals surface area contributed by atoms with Gasteiger partial charge in [-0.3, -0.25) is 0 Å². The molecule has 10 aromatic carbocycles. The van der Waals surface area contributed by atoms with Gasteiger partial charge in [-0.15, -0.1) is 11.3 Å². The topological polar surface area (TPSA) is 54.8 Å². The smallest absolute Gasteiger partial charge is 0.159 e. The van der Waals surface area contributed by atoms with E-state index in [9.17, 15) is 0 Å². The molecule has 1 aliphatic rings. The Hall–Kier alpha value is -8.32. The highest BCUT2D eigenvalue weighted by Gasteiger charge is 2.26. The quantitative estimate of drug-likeness (QED) is 0.188. The van der Waals surface area contributed by atoms with E-state index < -0.39 is 6.17 Å². The third kappa shape index (κ3) is 5.71. The Kier molecular flexibility index (Phi) is 7.85. The standard InChI is InChI=1S/C59H36N4OS/c1-2-13-35(14-3-1)37-18-12-19-40(29-37)57-60-58(41-25-27-46-45-22-9-11-24-53(45)65-54(46)34-41)62-59(61-57)42-31-48-55-43-20-7-6-15-36(43)26-28-52(55)64-56(48)51(33-42)63-49-23-10-8-21-44(49)47-30-38-16-4-5-17-39(38)32-50(47)63/h1-34,58H,(H,60,61,62). The first kappa shape index (κ1) is 36.2. The molecule has 5 nitrogen and oxygen atoms in total. The minimum Gasteiger partial charge on any atom is -0.454 e. The van der Waals surface area contributed by atoms with E-state index in [1.807, 2.05) is 11.3 Å². The lowest BCUT2D eigenvalue weighted by Crippen LogP contribution is -2.33.